The largest absolute Gasteiger partial charge is 0.492 e. The number of nitrogens with zero attached hydrogens (tertiary/aromatic N) is 1. The molecule has 4 rings (SSSR count). The molecule has 7 nitrogen and oxygen atoms in total. The number of hydrogen-bond acceptors (Lipinski definition) is 6. The standard InChI is InChI=1S/C28H24BrClN2O5S/c1-17-13-23(29)24(14-18(17)2)31-26(33)16-37-22-7-3-19(4-8-22)15-25-27(34)32(28(35)38-25)11-12-36-21-9-5-20(30)6-10-21/h3-10,13-15H,11-12,16H2,1-2H3,(H,31,33)/b25-15-. The molecule has 0 bridgehead atoms. The Kier molecular flexibility index (Phi) is 9.14. The number of anilines is 1. The maximum absolute atomic E-state index is 12.7. The first-order chi connectivity index (χ1) is 18.2. The Hall–Kier alpha value is -3.27. The zero-order valence-corrected chi connectivity index (χ0v) is 23.8. The van der Waals surface area contributed by atoms with Crippen molar-refractivity contribution >= 4 is 68.1 Å². The predicted molar refractivity (Wildman–Crippen MR) is 154 cm³/mol. The number of benzene rings is 3. The summed E-state index contributed by atoms with van der Waals surface area (Å²) in [6.07, 6.45) is 1.65. The van der Waals surface area contributed by atoms with Crippen LogP contribution in [0.4, 0.5) is 10.5 Å². The molecule has 0 aromatic heterocycles. The minimum atomic E-state index is -0.366. The fourth-order valence-corrected chi connectivity index (χ4v) is 5.05. The van der Waals surface area contributed by atoms with Crippen LogP contribution < -0.4 is 14.8 Å². The van der Waals surface area contributed by atoms with Crippen LogP contribution in [0.3, 0.4) is 0 Å². The molecule has 0 atom stereocenters. The lowest BCUT2D eigenvalue weighted by Gasteiger charge is -2.13. The van der Waals surface area contributed by atoms with Gasteiger partial charge in [0.25, 0.3) is 17.1 Å². The number of thioether (sulfide) groups is 1. The third-order valence-electron chi connectivity index (χ3n) is 5.68. The van der Waals surface area contributed by atoms with Gasteiger partial charge in [-0.1, -0.05) is 23.7 Å². The van der Waals surface area contributed by atoms with Crippen molar-refractivity contribution in [3.05, 3.63) is 91.8 Å². The normalized spacial score (nSPS) is 14.2. The average molecular weight is 616 g/mol. The van der Waals surface area contributed by atoms with Crippen molar-refractivity contribution < 1.29 is 23.9 Å². The SMILES string of the molecule is Cc1cc(Br)c(NC(=O)COc2ccc(/C=C3\SC(=O)N(CCOc4ccc(Cl)cc4)C3=O)cc2)cc1C. The quantitative estimate of drug-likeness (QED) is 0.265. The van der Waals surface area contributed by atoms with Crippen molar-refractivity contribution in [2.24, 2.45) is 0 Å². The monoisotopic (exact) mass is 614 g/mol. The van der Waals surface area contributed by atoms with Gasteiger partial charge in [0.2, 0.25) is 0 Å². The number of nitrogens with one attached hydrogen (secondary N) is 1. The molecule has 1 aliphatic heterocycles. The fraction of sp³-hybridized carbons (Fsp3) is 0.179. The van der Waals surface area contributed by atoms with E-state index in [1.165, 1.54) is 0 Å². The highest BCUT2D eigenvalue weighted by molar-refractivity contribution is 9.10. The van der Waals surface area contributed by atoms with Gasteiger partial charge < -0.3 is 14.8 Å². The number of imide groups is 1. The summed E-state index contributed by atoms with van der Waals surface area (Å²) in [5.74, 6) is 0.458. The van der Waals surface area contributed by atoms with E-state index in [-0.39, 0.29) is 36.8 Å². The molecular formula is C28H24BrClN2O5S. The topological polar surface area (TPSA) is 84.9 Å². The van der Waals surface area contributed by atoms with E-state index < -0.39 is 0 Å². The van der Waals surface area contributed by atoms with E-state index >= 15 is 0 Å². The van der Waals surface area contributed by atoms with E-state index in [0.717, 1.165) is 37.8 Å². The highest BCUT2D eigenvalue weighted by Gasteiger charge is 2.34. The number of halogens is 2. The minimum Gasteiger partial charge on any atom is -0.492 e. The van der Waals surface area contributed by atoms with Crippen molar-refractivity contribution in [3.8, 4) is 11.5 Å². The second kappa shape index (κ2) is 12.5. The van der Waals surface area contributed by atoms with Gasteiger partial charge >= 0.3 is 0 Å². The number of amides is 3. The van der Waals surface area contributed by atoms with Crippen molar-refractivity contribution in [2.45, 2.75) is 13.8 Å². The Bertz CT molecular complexity index is 1390. The molecular weight excluding hydrogens is 592 g/mol. The van der Waals surface area contributed by atoms with Gasteiger partial charge in [-0.2, -0.15) is 0 Å². The van der Waals surface area contributed by atoms with E-state index in [9.17, 15) is 14.4 Å². The van der Waals surface area contributed by atoms with E-state index in [4.69, 9.17) is 21.1 Å². The van der Waals surface area contributed by atoms with Crippen molar-refractivity contribution in [1.82, 2.24) is 4.90 Å². The highest BCUT2D eigenvalue weighted by Crippen LogP contribution is 2.32. The zero-order chi connectivity index (χ0) is 27.2. The summed E-state index contributed by atoms with van der Waals surface area (Å²) in [5.41, 5.74) is 3.61. The highest BCUT2D eigenvalue weighted by atomic mass is 79.9. The van der Waals surface area contributed by atoms with E-state index in [1.54, 1.807) is 54.6 Å². The van der Waals surface area contributed by atoms with Crippen LogP contribution in [0.5, 0.6) is 11.5 Å². The van der Waals surface area contributed by atoms with Crippen LogP contribution in [-0.2, 0) is 9.59 Å². The summed E-state index contributed by atoms with van der Waals surface area (Å²) in [4.78, 5) is 38.9. The van der Waals surface area contributed by atoms with E-state index in [2.05, 4.69) is 21.2 Å². The fourth-order valence-electron chi connectivity index (χ4n) is 3.50. The number of ether oxygens (including phenoxy) is 2. The molecule has 1 fully saturated rings. The first-order valence-corrected chi connectivity index (χ1v) is 13.6. The summed E-state index contributed by atoms with van der Waals surface area (Å²) in [6, 6.07) is 17.6. The zero-order valence-electron chi connectivity index (χ0n) is 20.6. The van der Waals surface area contributed by atoms with Crippen LogP contribution in [0.25, 0.3) is 6.08 Å². The molecule has 1 aliphatic rings. The van der Waals surface area contributed by atoms with Crippen LogP contribution in [0.2, 0.25) is 5.02 Å². The average Bonchev–Trinajstić information content (AvgIpc) is 3.15. The molecule has 0 saturated carbocycles. The van der Waals surface area contributed by atoms with Gasteiger partial charge in [-0.05, 0) is 113 Å². The Balaban J connectivity index is 1.28. The van der Waals surface area contributed by atoms with Crippen molar-refractivity contribution in [3.63, 3.8) is 0 Å². The second-order valence-corrected chi connectivity index (χ2v) is 10.7. The molecule has 3 aromatic carbocycles. The Morgan fingerprint density at radius 1 is 1.00 bits per heavy atom. The number of hydrogen-bond donors (Lipinski definition) is 1. The third-order valence-corrected chi connectivity index (χ3v) is 7.49. The first kappa shape index (κ1) is 27.8. The number of rotatable bonds is 9. The molecule has 3 amide bonds. The lowest BCUT2D eigenvalue weighted by atomic mass is 10.1. The van der Waals surface area contributed by atoms with Crippen LogP contribution in [0.1, 0.15) is 16.7 Å². The lowest BCUT2D eigenvalue weighted by Crippen LogP contribution is -2.32. The second-order valence-electron chi connectivity index (χ2n) is 8.46. The maximum Gasteiger partial charge on any atom is 0.293 e. The Labute approximate surface area is 238 Å². The van der Waals surface area contributed by atoms with Gasteiger partial charge in [0.1, 0.15) is 18.1 Å². The Morgan fingerprint density at radius 3 is 2.34 bits per heavy atom. The van der Waals surface area contributed by atoms with Crippen LogP contribution in [-0.4, -0.2) is 41.7 Å². The van der Waals surface area contributed by atoms with Crippen LogP contribution >= 0.6 is 39.3 Å². The van der Waals surface area contributed by atoms with Gasteiger partial charge in [0, 0.05) is 9.50 Å². The molecule has 38 heavy (non-hydrogen) atoms. The van der Waals surface area contributed by atoms with E-state index in [1.807, 2.05) is 26.0 Å². The van der Waals surface area contributed by atoms with Gasteiger partial charge in [0.15, 0.2) is 6.61 Å². The molecule has 0 radical (unpaired) electrons. The Morgan fingerprint density at radius 2 is 1.63 bits per heavy atom. The van der Waals surface area contributed by atoms with Gasteiger partial charge in [-0.25, -0.2) is 0 Å². The van der Waals surface area contributed by atoms with Crippen LogP contribution in [0.15, 0.2) is 70.0 Å². The minimum absolute atomic E-state index is 0.137. The molecule has 0 spiro atoms. The summed E-state index contributed by atoms with van der Waals surface area (Å²) < 4.78 is 12.0. The van der Waals surface area contributed by atoms with Crippen molar-refractivity contribution in [2.75, 3.05) is 25.1 Å². The summed E-state index contributed by atoms with van der Waals surface area (Å²) >= 11 is 10.2. The van der Waals surface area contributed by atoms with E-state index in [0.29, 0.717) is 27.1 Å². The molecule has 0 aliphatic carbocycles. The molecule has 1 saturated heterocycles. The molecule has 10 heteroatoms. The molecule has 196 valence electrons. The molecule has 1 heterocycles. The van der Waals surface area contributed by atoms with Crippen LogP contribution in [0, 0.1) is 13.8 Å². The molecule has 1 N–H and O–H groups in total. The third kappa shape index (κ3) is 7.18. The summed E-state index contributed by atoms with van der Waals surface area (Å²) in [7, 11) is 0. The number of aryl methyl sites for hydroxylation is 2. The molecule has 0 unspecified atom stereocenters. The molecule has 3 aromatic rings. The number of carbonyl (C=O) groups is 3. The van der Waals surface area contributed by atoms with Gasteiger partial charge in [-0.3, -0.25) is 19.3 Å². The summed E-state index contributed by atoms with van der Waals surface area (Å²) in [5, 5.41) is 3.09. The number of carbonyl (C=O) groups excluding carboxylic acids is 3. The van der Waals surface area contributed by atoms with Crippen molar-refractivity contribution in [1.29, 1.82) is 0 Å². The van der Waals surface area contributed by atoms with Gasteiger partial charge in [0.05, 0.1) is 17.1 Å². The predicted octanol–water partition coefficient (Wildman–Crippen LogP) is 6.85. The lowest BCUT2D eigenvalue weighted by molar-refractivity contribution is -0.123. The smallest absolute Gasteiger partial charge is 0.293 e. The van der Waals surface area contributed by atoms with Gasteiger partial charge in [-0.15, -0.1) is 0 Å². The summed E-state index contributed by atoms with van der Waals surface area (Å²) in [6.45, 7) is 4.14. The maximum atomic E-state index is 12.7. The first-order valence-electron chi connectivity index (χ1n) is 11.6.